The number of carbonyl (C=O) groups is 2. The van der Waals surface area contributed by atoms with Crippen molar-refractivity contribution < 1.29 is 23.1 Å². The van der Waals surface area contributed by atoms with Crippen LogP contribution < -0.4 is 0 Å². The number of nitrogens with zero attached hydrogens (tertiary/aromatic N) is 4. The molecular weight excluding hydrogens is 442 g/mol. The molecule has 3 saturated heterocycles. The lowest BCUT2D eigenvalue weighted by Gasteiger charge is -2.37. The number of carbonyl (C=O) groups excluding carboxylic acids is 2. The van der Waals surface area contributed by atoms with Crippen LogP contribution in [-0.2, 0) is 9.53 Å². The van der Waals surface area contributed by atoms with Gasteiger partial charge in [0.1, 0.15) is 23.4 Å². The molecule has 174 valence electrons. The SMILES string of the molecule is O=C(c1cccc2nccnc12)N1CCC2(CC1)OC1CC[C@@H](c3cc(F)cc(F)c3)N1C2=O. The lowest BCUT2D eigenvalue weighted by molar-refractivity contribution is -0.142. The molecule has 2 amide bonds. The van der Waals surface area contributed by atoms with Crippen molar-refractivity contribution in [1.82, 2.24) is 19.8 Å². The van der Waals surface area contributed by atoms with Gasteiger partial charge in [0.05, 0.1) is 17.1 Å². The van der Waals surface area contributed by atoms with Gasteiger partial charge in [-0.25, -0.2) is 8.78 Å². The molecule has 6 rings (SSSR count). The fourth-order valence-electron chi connectivity index (χ4n) is 5.55. The van der Waals surface area contributed by atoms with E-state index in [-0.39, 0.29) is 11.8 Å². The molecule has 2 atom stereocenters. The number of likely N-dealkylation sites (tertiary alicyclic amines) is 1. The molecule has 4 heterocycles. The second-order valence-corrected chi connectivity index (χ2v) is 9.10. The standard InChI is InChI=1S/C25H22F2N4O3/c26-16-12-15(13-17(27)14-16)20-4-5-21-31(20)24(33)25(34-21)6-10-30(11-7-25)23(32)18-2-1-3-19-22(18)29-9-8-28-19/h1-3,8-9,12-14,20-21H,4-7,10-11H2/t20-,21?/m0/s1. The summed E-state index contributed by atoms with van der Waals surface area (Å²) in [5.74, 6) is -1.64. The summed E-state index contributed by atoms with van der Waals surface area (Å²) in [6.45, 7) is 0.724. The van der Waals surface area contributed by atoms with E-state index in [0.717, 1.165) is 6.07 Å². The van der Waals surface area contributed by atoms with Crippen molar-refractivity contribution >= 4 is 22.8 Å². The van der Waals surface area contributed by atoms with Crippen molar-refractivity contribution in [2.45, 2.75) is 43.6 Å². The molecule has 1 spiro atoms. The van der Waals surface area contributed by atoms with Crippen LogP contribution in [0, 0.1) is 11.6 Å². The van der Waals surface area contributed by atoms with Gasteiger partial charge < -0.3 is 14.5 Å². The van der Waals surface area contributed by atoms with Gasteiger partial charge in [0.25, 0.3) is 11.8 Å². The van der Waals surface area contributed by atoms with E-state index in [9.17, 15) is 18.4 Å². The highest BCUT2D eigenvalue weighted by atomic mass is 19.1. The van der Waals surface area contributed by atoms with E-state index in [1.807, 2.05) is 6.07 Å². The zero-order chi connectivity index (χ0) is 23.4. The molecule has 3 aliphatic rings. The summed E-state index contributed by atoms with van der Waals surface area (Å²) in [6, 6.07) is 8.29. The summed E-state index contributed by atoms with van der Waals surface area (Å²) in [6.07, 6.45) is 4.65. The topological polar surface area (TPSA) is 75.6 Å². The zero-order valence-corrected chi connectivity index (χ0v) is 18.3. The normalized spacial score (nSPS) is 23.6. The van der Waals surface area contributed by atoms with Gasteiger partial charge in [0.15, 0.2) is 5.60 Å². The Balaban J connectivity index is 1.20. The molecule has 9 heteroatoms. The average Bonchev–Trinajstić information content (AvgIpc) is 3.36. The van der Waals surface area contributed by atoms with Crippen LogP contribution in [0.5, 0.6) is 0 Å². The number of benzene rings is 2. The van der Waals surface area contributed by atoms with Crippen LogP contribution in [0.3, 0.4) is 0 Å². The van der Waals surface area contributed by atoms with Crippen molar-refractivity contribution in [2.75, 3.05) is 13.1 Å². The van der Waals surface area contributed by atoms with Gasteiger partial charge in [-0.1, -0.05) is 6.07 Å². The molecule has 0 aliphatic carbocycles. The van der Waals surface area contributed by atoms with Gasteiger partial charge in [-0.05, 0) is 42.7 Å². The van der Waals surface area contributed by atoms with Crippen LogP contribution in [0.25, 0.3) is 11.0 Å². The van der Waals surface area contributed by atoms with E-state index in [0.29, 0.717) is 60.9 Å². The summed E-state index contributed by atoms with van der Waals surface area (Å²) in [5, 5.41) is 0. The Morgan fingerprint density at radius 1 is 1.03 bits per heavy atom. The minimum atomic E-state index is -1.01. The molecule has 2 aromatic carbocycles. The number of rotatable bonds is 2. The van der Waals surface area contributed by atoms with Crippen molar-refractivity contribution in [2.24, 2.45) is 0 Å². The Morgan fingerprint density at radius 3 is 2.53 bits per heavy atom. The van der Waals surface area contributed by atoms with Crippen molar-refractivity contribution in [1.29, 1.82) is 0 Å². The van der Waals surface area contributed by atoms with Crippen molar-refractivity contribution in [3.63, 3.8) is 0 Å². The summed E-state index contributed by atoms with van der Waals surface area (Å²) in [7, 11) is 0. The predicted molar refractivity (Wildman–Crippen MR) is 117 cm³/mol. The molecule has 0 N–H and O–H groups in total. The fourth-order valence-corrected chi connectivity index (χ4v) is 5.55. The lowest BCUT2D eigenvalue weighted by atomic mass is 9.89. The van der Waals surface area contributed by atoms with Crippen molar-refractivity contribution in [3.05, 3.63) is 71.6 Å². The Morgan fingerprint density at radius 2 is 1.76 bits per heavy atom. The number of piperidine rings is 1. The van der Waals surface area contributed by atoms with E-state index >= 15 is 0 Å². The maximum absolute atomic E-state index is 13.8. The molecule has 1 unspecified atom stereocenters. The van der Waals surface area contributed by atoms with Gasteiger partial charge in [0, 0.05) is 44.4 Å². The first kappa shape index (κ1) is 21.1. The molecular formula is C25H22F2N4O3. The summed E-state index contributed by atoms with van der Waals surface area (Å²) >= 11 is 0. The van der Waals surface area contributed by atoms with E-state index in [1.165, 1.54) is 12.1 Å². The van der Waals surface area contributed by atoms with Crippen LogP contribution in [0.2, 0.25) is 0 Å². The number of para-hydroxylation sites is 1. The monoisotopic (exact) mass is 464 g/mol. The maximum Gasteiger partial charge on any atom is 0.257 e. The van der Waals surface area contributed by atoms with Crippen LogP contribution in [0.1, 0.15) is 47.6 Å². The molecule has 3 aliphatic heterocycles. The molecule has 0 bridgehead atoms. The van der Waals surface area contributed by atoms with Crippen LogP contribution in [0.4, 0.5) is 8.78 Å². The van der Waals surface area contributed by atoms with Crippen LogP contribution in [-0.4, -0.2) is 56.5 Å². The van der Waals surface area contributed by atoms with Crippen LogP contribution >= 0.6 is 0 Å². The van der Waals surface area contributed by atoms with E-state index in [2.05, 4.69) is 9.97 Å². The quantitative estimate of drug-likeness (QED) is 0.579. The average molecular weight is 464 g/mol. The molecule has 7 nitrogen and oxygen atoms in total. The van der Waals surface area contributed by atoms with E-state index < -0.39 is 29.5 Å². The summed E-state index contributed by atoms with van der Waals surface area (Å²) < 4.78 is 33.9. The number of amides is 2. The highest BCUT2D eigenvalue weighted by Crippen LogP contribution is 2.47. The molecule has 3 aromatic rings. The van der Waals surface area contributed by atoms with Gasteiger partial charge >= 0.3 is 0 Å². The number of hydrogen-bond donors (Lipinski definition) is 0. The number of hydrogen-bond acceptors (Lipinski definition) is 5. The predicted octanol–water partition coefficient (Wildman–Crippen LogP) is 3.60. The minimum Gasteiger partial charge on any atom is -0.342 e. The van der Waals surface area contributed by atoms with Gasteiger partial charge in [-0.2, -0.15) is 0 Å². The smallest absolute Gasteiger partial charge is 0.257 e. The number of halogens is 2. The third kappa shape index (κ3) is 3.26. The first-order chi connectivity index (χ1) is 16.4. The van der Waals surface area contributed by atoms with E-state index in [1.54, 1.807) is 34.3 Å². The minimum absolute atomic E-state index is 0.153. The molecule has 34 heavy (non-hydrogen) atoms. The Bertz CT molecular complexity index is 1280. The third-order valence-electron chi connectivity index (χ3n) is 7.18. The Hall–Kier alpha value is -3.46. The van der Waals surface area contributed by atoms with Gasteiger partial charge in [-0.3, -0.25) is 19.6 Å². The fraction of sp³-hybridized carbons (Fsp3) is 0.360. The van der Waals surface area contributed by atoms with Crippen molar-refractivity contribution in [3.8, 4) is 0 Å². The zero-order valence-electron chi connectivity index (χ0n) is 18.3. The number of ether oxygens (including phenoxy) is 1. The number of aromatic nitrogens is 2. The largest absolute Gasteiger partial charge is 0.342 e. The first-order valence-electron chi connectivity index (χ1n) is 11.4. The first-order valence-corrected chi connectivity index (χ1v) is 11.4. The van der Waals surface area contributed by atoms with Gasteiger partial charge in [-0.15, -0.1) is 0 Å². The molecule has 3 fully saturated rings. The third-order valence-corrected chi connectivity index (χ3v) is 7.18. The molecule has 0 saturated carbocycles. The second kappa shape index (κ2) is 7.80. The second-order valence-electron chi connectivity index (χ2n) is 9.10. The Kier molecular flexibility index (Phi) is 4.84. The summed E-state index contributed by atoms with van der Waals surface area (Å²) in [4.78, 5) is 38.7. The Labute approximate surface area is 194 Å². The van der Waals surface area contributed by atoms with Gasteiger partial charge in [0.2, 0.25) is 0 Å². The molecule has 1 aromatic heterocycles. The number of fused-ring (bicyclic) bond motifs is 2. The van der Waals surface area contributed by atoms with E-state index in [4.69, 9.17) is 4.74 Å². The highest BCUT2D eigenvalue weighted by molar-refractivity contribution is 6.04. The van der Waals surface area contributed by atoms with Crippen LogP contribution in [0.15, 0.2) is 48.8 Å². The highest BCUT2D eigenvalue weighted by Gasteiger charge is 2.58. The summed E-state index contributed by atoms with van der Waals surface area (Å²) in [5.41, 5.74) is 1.11. The maximum atomic E-state index is 13.8. The lowest BCUT2D eigenvalue weighted by Crippen LogP contribution is -2.51. The molecule has 0 radical (unpaired) electrons.